The molecule has 3 heteroatoms. The Balaban J connectivity index is 1.98. The molecule has 1 N–H and O–H groups in total. The van der Waals surface area contributed by atoms with E-state index < -0.39 is 0 Å². The van der Waals surface area contributed by atoms with Crippen LogP contribution in [0.3, 0.4) is 0 Å². The van der Waals surface area contributed by atoms with E-state index in [1.807, 2.05) is 6.07 Å². The second kappa shape index (κ2) is 4.45. The topological polar surface area (TPSA) is 35.8 Å². The zero-order chi connectivity index (χ0) is 10.7. The molecule has 1 aromatic carbocycles. The van der Waals surface area contributed by atoms with Crippen LogP contribution in [0.5, 0.6) is 0 Å². The highest BCUT2D eigenvalue weighted by molar-refractivity contribution is 5.89. The molecule has 0 spiro atoms. The van der Waals surface area contributed by atoms with Gasteiger partial charge < -0.3 is 5.21 Å². The minimum Gasteiger partial charge on any atom is -0.411 e. The van der Waals surface area contributed by atoms with E-state index in [0.717, 1.165) is 25.3 Å². The Kier molecular flexibility index (Phi) is 3.02. The molecule has 1 saturated heterocycles. The fourth-order valence-corrected chi connectivity index (χ4v) is 2.03. The van der Waals surface area contributed by atoms with Crippen molar-refractivity contribution < 1.29 is 5.21 Å². The molecule has 1 aliphatic rings. The summed E-state index contributed by atoms with van der Waals surface area (Å²) in [4.78, 5) is 2.30. The number of benzene rings is 1. The SMILES string of the molecule is CC1CN(Cc2ccccc2)C/C1=N\O. The first-order chi connectivity index (χ1) is 7.29. The predicted molar refractivity (Wildman–Crippen MR) is 60.1 cm³/mol. The molecule has 1 atom stereocenters. The van der Waals surface area contributed by atoms with Gasteiger partial charge in [-0.25, -0.2) is 0 Å². The number of rotatable bonds is 2. The number of hydrogen-bond acceptors (Lipinski definition) is 3. The standard InChI is InChI=1S/C12H16N2O/c1-10-7-14(9-12(10)13-15)8-11-5-3-2-4-6-11/h2-6,10,15H,7-9H2,1H3/b13-12+. The van der Waals surface area contributed by atoms with E-state index in [4.69, 9.17) is 5.21 Å². The number of oxime groups is 1. The van der Waals surface area contributed by atoms with Gasteiger partial charge in [-0.2, -0.15) is 0 Å². The van der Waals surface area contributed by atoms with Crippen molar-refractivity contribution in [3.63, 3.8) is 0 Å². The van der Waals surface area contributed by atoms with Crippen LogP contribution in [0.15, 0.2) is 35.5 Å². The lowest BCUT2D eigenvalue weighted by molar-refractivity contribution is 0.313. The summed E-state index contributed by atoms with van der Waals surface area (Å²) in [5.41, 5.74) is 2.20. The van der Waals surface area contributed by atoms with E-state index in [1.54, 1.807) is 0 Å². The Morgan fingerprint density at radius 3 is 2.73 bits per heavy atom. The lowest BCUT2D eigenvalue weighted by atomic mass is 10.1. The average molecular weight is 204 g/mol. The van der Waals surface area contributed by atoms with Crippen LogP contribution in [-0.2, 0) is 6.54 Å². The molecule has 1 fully saturated rings. The third kappa shape index (κ3) is 2.36. The Morgan fingerprint density at radius 2 is 2.13 bits per heavy atom. The molecule has 1 heterocycles. The van der Waals surface area contributed by atoms with Gasteiger partial charge in [0.2, 0.25) is 0 Å². The molecule has 80 valence electrons. The van der Waals surface area contributed by atoms with Gasteiger partial charge in [0.15, 0.2) is 0 Å². The molecule has 0 amide bonds. The van der Waals surface area contributed by atoms with Crippen molar-refractivity contribution in [1.29, 1.82) is 0 Å². The molecule has 1 unspecified atom stereocenters. The second-order valence-electron chi connectivity index (χ2n) is 4.15. The minimum absolute atomic E-state index is 0.374. The largest absolute Gasteiger partial charge is 0.411 e. The van der Waals surface area contributed by atoms with Crippen molar-refractivity contribution in [3.8, 4) is 0 Å². The van der Waals surface area contributed by atoms with Gasteiger partial charge in [0, 0.05) is 25.6 Å². The van der Waals surface area contributed by atoms with Gasteiger partial charge in [-0.3, -0.25) is 4.90 Å². The molecule has 0 saturated carbocycles. The van der Waals surface area contributed by atoms with E-state index in [-0.39, 0.29) is 0 Å². The quantitative estimate of drug-likeness (QED) is 0.590. The van der Waals surface area contributed by atoms with Crippen molar-refractivity contribution in [1.82, 2.24) is 4.90 Å². The van der Waals surface area contributed by atoms with Gasteiger partial charge in [0.1, 0.15) is 0 Å². The second-order valence-corrected chi connectivity index (χ2v) is 4.15. The Labute approximate surface area is 90.0 Å². The highest BCUT2D eigenvalue weighted by Crippen LogP contribution is 2.16. The van der Waals surface area contributed by atoms with E-state index in [0.29, 0.717) is 5.92 Å². The molecular formula is C12H16N2O. The van der Waals surface area contributed by atoms with Crippen molar-refractivity contribution >= 4 is 5.71 Å². The third-order valence-corrected chi connectivity index (χ3v) is 2.86. The van der Waals surface area contributed by atoms with Gasteiger partial charge in [0.25, 0.3) is 0 Å². The van der Waals surface area contributed by atoms with E-state index in [9.17, 15) is 0 Å². The summed E-state index contributed by atoms with van der Waals surface area (Å²) in [5.74, 6) is 0.374. The number of hydrogen-bond donors (Lipinski definition) is 1. The maximum absolute atomic E-state index is 8.78. The fraction of sp³-hybridized carbons (Fsp3) is 0.417. The summed E-state index contributed by atoms with van der Waals surface area (Å²) in [6.07, 6.45) is 0. The maximum Gasteiger partial charge on any atom is 0.0751 e. The summed E-state index contributed by atoms with van der Waals surface area (Å²) < 4.78 is 0. The summed E-state index contributed by atoms with van der Waals surface area (Å²) in [6, 6.07) is 10.4. The van der Waals surface area contributed by atoms with Crippen LogP contribution in [0.25, 0.3) is 0 Å². The Bertz CT molecular complexity index is 348. The summed E-state index contributed by atoms with van der Waals surface area (Å²) >= 11 is 0. The van der Waals surface area contributed by atoms with E-state index in [1.165, 1.54) is 5.56 Å². The molecular weight excluding hydrogens is 188 g/mol. The molecule has 0 radical (unpaired) electrons. The first-order valence-corrected chi connectivity index (χ1v) is 5.26. The van der Waals surface area contributed by atoms with Crippen LogP contribution < -0.4 is 0 Å². The number of nitrogens with zero attached hydrogens (tertiary/aromatic N) is 2. The minimum atomic E-state index is 0.374. The number of likely N-dealkylation sites (tertiary alicyclic amines) is 1. The lowest BCUT2D eigenvalue weighted by Crippen LogP contribution is -2.20. The molecule has 0 bridgehead atoms. The zero-order valence-corrected chi connectivity index (χ0v) is 8.93. The first-order valence-electron chi connectivity index (χ1n) is 5.26. The smallest absolute Gasteiger partial charge is 0.0751 e. The van der Waals surface area contributed by atoms with Crippen molar-refractivity contribution in [2.75, 3.05) is 13.1 Å². The first kappa shape index (κ1) is 10.2. The lowest BCUT2D eigenvalue weighted by Gasteiger charge is -2.13. The summed E-state index contributed by atoms with van der Waals surface area (Å²) in [6.45, 7) is 4.80. The summed E-state index contributed by atoms with van der Waals surface area (Å²) in [7, 11) is 0. The molecule has 1 aromatic rings. The van der Waals surface area contributed by atoms with Crippen LogP contribution in [0.4, 0.5) is 0 Å². The van der Waals surface area contributed by atoms with Crippen LogP contribution in [0.2, 0.25) is 0 Å². The van der Waals surface area contributed by atoms with E-state index >= 15 is 0 Å². The molecule has 0 aliphatic carbocycles. The van der Waals surface area contributed by atoms with Crippen LogP contribution in [-0.4, -0.2) is 28.9 Å². The van der Waals surface area contributed by atoms with Crippen molar-refractivity contribution in [3.05, 3.63) is 35.9 Å². The fourth-order valence-electron chi connectivity index (χ4n) is 2.03. The van der Waals surface area contributed by atoms with Gasteiger partial charge in [-0.05, 0) is 5.56 Å². The molecule has 1 aliphatic heterocycles. The van der Waals surface area contributed by atoms with Gasteiger partial charge in [-0.1, -0.05) is 42.4 Å². The third-order valence-electron chi connectivity index (χ3n) is 2.86. The highest BCUT2D eigenvalue weighted by atomic mass is 16.4. The molecule has 2 rings (SSSR count). The predicted octanol–water partition coefficient (Wildman–Crippen LogP) is 1.97. The maximum atomic E-state index is 8.78. The average Bonchev–Trinajstić information content (AvgIpc) is 2.60. The molecule has 15 heavy (non-hydrogen) atoms. The van der Waals surface area contributed by atoms with Gasteiger partial charge in [0.05, 0.1) is 5.71 Å². The monoisotopic (exact) mass is 204 g/mol. The Hall–Kier alpha value is -1.35. The van der Waals surface area contributed by atoms with Crippen LogP contribution >= 0.6 is 0 Å². The van der Waals surface area contributed by atoms with Crippen molar-refractivity contribution in [2.24, 2.45) is 11.1 Å². The molecule has 3 nitrogen and oxygen atoms in total. The van der Waals surface area contributed by atoms with Gasteiger partial charge in [-0.15, -0.1) is 0 Å². The van der Waals surface area contributed by atoms with Gasteiger partial charge >= 0.3 is 0 Å². The normalized spacial score (nSPS) is 24.9. The Morgan fingerprint density at radius 1 is 1.40 bits per heavy atom. The zero-order valence-electron chi connectivity index (χ0n) is 8.93. The highest BCUT2D eigenvalue weighted by Gasteiger charge is 2.25. The van der Waals surface area contributed by atoms with Crippen LogP contribution in [0, 0.1) is 5.92 Å². The van der Waals surface area contributed by atoms with Crippen LogP contribution in [0.1, 0.15) is 12.5 Å². The molecule has 0 aromatic heterocycles. The van der Waals surface area contributed by atoms with Crippen molar-refractivity contribution in [2.45, 2.75) is 13.5 Å². The summed E-state index contributed by atoms with van der Waals surface area (Å²) in [5, 5.41) is 12.1. The van der Waals surface area contributed by atoms with E-state index in [2.05, 4.69) is 41.2 Å².